The molecule has 4 heteroatoms. The lowest BCUT2D eigenvalue weighted by atomic mass is 9.97. The largest absolute Gasteiger partial charge is 0.399 e. The maximum atomic E-state index is 12.5. The summed E-state index contributed by atoms with van der Waals surface area (Å²) in [4.78, 5) is 12.5. The lowest BCUT2D eigenvalue weighted by Gasteiger charge is -2.09. The number of anilines is 1. The van der Waals surface area contributed by atoms with Crippen LogP contribution in [-0.2, 0) is 0 Å². The molecular formula is C15H13Br2NO. The van der Waals surface area contributed by atoms with Crippen LogP contribution in [0.5, 0.6) is 0 Å². The van der Waals surface area contributed by atoms with Crippen LogP contribution in [0.3, 0.4) is 0 Å². The Hall–Kier alpha value is -1.13. The Morgan fingerprint density at radius 3 is 2.32 bits per heavy atom. The molecular weight excluding hydrogens is 370 g/mol. The van der Waals surface area contributed by atoms with Gasteiger partial charge in [-0.2, -0.15) is 0 Å². The van der Waals surface area contributed by atoms with E-state index < -0.39 is 0 Å². The van der Waals surface area contributed by atoms with Crippen LogP contribution < -0.4 is 5.73 Å². The molecule has 2 aromatic rings. The molecule has 2 N–H and O–H groups in total. The van der Waals surface area contributed by atoms with Crippen LogP contribution >= 0.6 is 31.9 Å². The number of hydrogen-bond acceptors (Lipinski definition) is 2. The molecule has 98 valence electrons. The molecule has 2 rings (SSSR count). The Balaban J connectivity index is 2.53. The smallest absolute Gasteiger partial charge is 0.193 e. The van der Waals surface area contributed by atoms with E-state index in [1.54, 1.807) is 18.2 Å². The Morgan fingerprint density at radius 1 is 1.00 bits per heavy atom. The monoisotopic (exact) mass is 381 g/mol. The Labute approximate surface area is 129 Å². The number of hydrogen-bond donors (Lipinski definition) is 1. The van der Waals surface area contributed by atoms with Crippen molar-refractivity contribution < 1.29 is 4.79 Å². The number of carbonyl (C=O) groups excluding carboxylic acids is 1. The molecule has 0 aliphatic rings. The Kier molecular flexibility index (Phi) is 4.11. The van der Waals surface area contributed by atoms with E-state index in [2.05, 4.69) is 31.9 Å². The number of benzene rings is 2. The molecule has 0 atom stereocenters. The van der Waals surface area contributed by atoms with E-state index in [4.69, 9.17) is 5.73 Å². The first kappa shape index (κ1) is 14.3. The van der Waals surface area contributed by atoms with Gasteiger partial charge in [0.05, 0.1) is 0 Å². The first-order chi connectivity index (χ1) is 8.88. The number of carbonyl (C=O) groups is 1. The van der Waals surface area contributed by atoms with Crippen molar-refractivity contribution in [3.8, 4) is 0 Å². The zero-order chi connectivity index (χ0) is 14.2. The van der Waals surface area contributed by atoms with E-state index >= 15 is 0 Å². The minimum absolute atomic E-state index is 0.0129. The van der Waals surface area contributed by atoms with Gasteiger partial charge in [-0.1, -0.05) is 31.9 Å². The second kappa shape index (κ2) is 5.47. The van der Waals surface area contributed by atoms with Gasteiger partial charge < -0.3 is 5.73 Å². The van der Waals surface area contributed by atoms with Gasteiger partial charge in [-0.25, -0.2) is 0 Å². The highest BCUT2D eigenvalue weighted by Gasteiger charge is 2.14. The molecule has 0 aromatic heterocycles. The Bertz CT molecular complexity index is 645. The summed E-state index contributed by atoms with van der Waals surface area (Å²) in [5, 5.41) is 0. The zero-order valence-corrected chi connectivity index (χ0v) is 13.8. The van der Waals surface area contributed by atoms with Gasteiger partial charge in [0.15, 0.2) is 5.78 Å². The summed E-state index contributed by atoms with van der Waals surface area (Å²) in [5.74, 6) is -0.0129. The third kappa shape index (κ3) is 3.07. The molecule has 0 fully saturated rings. The second-order valence-electron chi connectivity index (χ2n) is 4.52. The van der Waals surface area contributed by atoms with E-state index in [0.29, 0.717) is 16.8 Å². The van der Waals surface area contributed by atoms with Crippen molar-refractivity contribution in [3.05, 3.63) is 61.5 Å². The highest BCUT2D eigenvalue weighted by Crippen LogP contribution is 2.25. The average molecular weight is 383 g/mol. The van der Waals surface area contributed by atoms with Crippen molar-refractivity contribution in [2.75, 3.05) is 5.73 Å². The van der Waals surface area contributed by atoms with Crippen molar-refractivity contribution in [3.63, 3.8) is 0 Å². The van der Waals surface area contributed by atoms with E-state index in [1.807, 2.05) is 26.0 Å². The van der Waals surface area contributed by atoms with E-state index in [1.165, 1.54) is 0 Å². The van der Waals surface area contributed by atoms with Crippen molar-refractivity contribution in [1.82, 2.24) is 0 Å². The molecule has 0 heterocycles. The van der Waals surface area contributed by atoms with Crippen molar-refractivity contribution in [2.24, 2.45) is 0 Å². The van der Waals surface area contributed by atoms with Gasteiger partial charge in [-0.05, 0) is 55.3 Å². The van der Waals surface area contributed by atoms with Crippen LogP contribution in [0.1, 0.15) is 27.0 Å². The molecule has 0 radical (unpaired) electrons. The quantitative estimate of drug-likeness (QED) is 0.607. The summed E-state index contributed by atoms with van der Waals surface area (Å²) in [6, 6.07) is 9.12. The summed E-state index contributed by atoms with van der Waals surface area (Å²) < 4.78 is 1.82. The predicted molar refractivity (Wildman–Crippen MR) is 85.6 cm³/mol. The fourth-order valence-corrected chi connectivity index (χ4v) is 2.89. The van der Waals surface area contributed by atoms with Gasteiger partial charge in [0.2, 0.25) is 0 Å². The fourth-order valence-electron chi connectivity index (χ4n) is 1.92. The lowest BCUT2D eigenvalue weighted by Crippen LogP contribution is -2.05. The standard InChI is InChI=1S/C15H13Br2NO/c1-8-4-14(17)9(2)3-13(8)15(19)10-5-11(16)7-12(18)6-10/h3-7H,18H2,1-2H3. The maximum absolute atomic E-state index is 12.5. The molecule has 0 saturated carbocycles. The van der Waals surface area contributed by atoms with Gasteiger partial charge in [0.25, 0.3) is 0 Å². The zero-order valence-electron chi connectivity index (χ0n) is 10.6. The van der Waals surface area contributed by atoms with Crippen molar-refractivity contribution in [2.45, 2.75) is 13.8 Å². The maximum Gasteiger partial charge on any atom is 0.193 e. The second-order valence-corrected chi connectivity index (χ2v) is 6.29. The highest BCUT2D eigenvalue weighted by molar-refractivity contribution is 9.10. The molecule has 0 bridgehead atoms. The van der Waals surface area contributed by atoms with E-state index in [-0.39, 0.29) is 5.78 Å². The van der Waals surface area contributed by atoms with Gasteiger partial charge in [0, 0.05) is 25.8 Å². The van der Waals surface area contributed by atoms with Gasteiger partial charge in [0.1, 0.15) is 0 Å². The minimum atomic E-state index is -0.0129. The topological polar surface area (TPSA) is 43.1 Å². The highest BCUT2D eigenvalue weighted by atomic mass is 79.9. The number of aryl methyl sites for hydroxylation is 2. The number of nitrogen functional groups attached to an aromatic ring is 1. The van der Waals surface area contributed by atoms with Crippen molar-refractivity contribution in [1.29, 1.82) is 0 Å². The third-order valence-corrected chi connectivity index (χ3v) is 4.24. The first-order valence-corrected chi connectivity index (χ1v) is 7.34. The van der Waals surface area contributed by atoms with Crippen LogP contribution in [0.25, 0.3) is 0 Å². The predicted octanol–water partition coefficient (Wildman–Crippen LogP) is 4.64. The Morgan fingerprint density at radius 2 is 1.68 bits per heavy atom. The summed E-state index contributed by atoms with van der Waals surface area (Å²) in [5.41, 5.74) is 9.64. The SMILES string of the molecule is Cc1cc(C(=O)c2cc(N)cc(Br)c2)c(C)cc1Br. The molecule has 0 aliphatic carbocycles. The number of halogens is 2. The molecule has 0 amide bonds. The van der Waals surface area contributed by atoms with E-state index in [0.717, 1.165) is 20.1 Å². The minimum Gasteiger partial charge on any atom is -0.399 e. The summed E-state index contributed by atoms with van der Waals surface area (Å²) in [7, 11) is 0. The molecule has 2 aromatic carbocycles. The van der Waals surface area contributed by atoms with Gasteiger partial charge >= 0.3 is 0 Å². The molecule has 0 saturated heterocycles. The van der Waals surface area contributed by atoms with Crippen molar-refractivity contribution >= 4 is 43.3 Å². The number of ketones is 1. The molecule has 19 heavy (non-hydrogen) atoms. The van der Waals surface area contributed by atoms with Crippen LogP contribution in [0, 0.1) is 13.8 Å². The number of nitrogens with two attached hydrogens (primary N) is 1. The van der Waals surface area contributed by atoms with Crippen LogP contribution in [0.4, 0.5) is 5.69 Å². The third-order valence-electron chi connectivity index (χ3n) is 2.93. The normalized spacial score (nSPS) is 10.5. The molecule has 0 unspecified atom stereocenters. The molecule has 2 nitrogen and oxygen atoms in total. The lowest BCUT2D eigenvalue weighted by molar-refractivity contribution is 0.103. The fraction of sp³-hybridized carbons (Fsp3) is 0.133. The molecule has 0 spiro atoms. The van der Waals surface area contributed by atoms with Crippen LogP contribution in [-0.4, -0.2) is 5.78 Å². The first-order valence-electron chi connectivity index (χ1n) is 5.76. The number of rotatable bonds is 2. The average Bonchev–Trinajstić information content (AvgIpc) is 2.31. The van der Waals surface area contributed by atoms with Crippen LogP contribution in [0.15, 0.2) is 39.3 Å². The van der Waals surface area contributed by atoms with Gasteiger partial charge in [-0.15, -0.1) is 0 Å². The summed E-state index contributed by atoms with van der Waals surface area (Å²) >= 11 is 6.83. The summed E-state index contributed by atoms with van der Waals surface area (Å²) in [6.07, 6.45) is 0. The van der Waals surface area contributed by atoms with Crippen LogP contribution in [0.2, 0.25) is 0 Å². The van der Waals surface area contributed by atoms with E-state index in [9.17, 15) is 4.79 Å². The molecule has 0 aliphatic heterocycles. The summed E-state index contributed by atoms with van der Waals surface area (Å²) in [6.45, 7) is 3.90. The van der Waals surface area contributed by atoms with Gasteiger partial charge in [-0.3, -0.25) is 4.79 Å².